The predicted molar refractivity (Wildman–Crippen MR) is 187 cm³/mol. The molecule has 51 heavy (non-hydrogen) atoms. The molecule has 3 atom stereocenters. The molecule has 2 aromatic rings. The SMILES string of the molecule is CNC(=O)C(CCC=O)N1C(=O)c2cc(F)c(N3CCN(CC4CC5CN(c6ccc(C(=O)NC7CCCCC7)nn6)CC5C4)CC3)cc2C1=O. The first-order chi connectivity index (χ1) is 24.7. The molecule has 0 spiro atoms. The number of piperazine rings is 1. The number of amides is 4. The van der Waals surface area contributed by atoms with Gasteiger partial charge in [-0.2, -0.15) is 0 Å². The van der Waals surface area contributed by atoms with Crippen molar-refractivity contribution in [1.29, 1.82) is 0 Å². The van der Waals surface area contributed by atoms with Gasteiger partial charge in [0.15, 0.2) is 11.5 Å². The van der Waals surface area contributed by atoms with Crippen LogP contribution in [0.1, 0.15) is 89.0 Å². The average Bonchev–Trinajstić information content (AvgIpc) is 3.79. The van der Waals surface area contributed by atoms with E-state index in [-0.39, 0.29) is 41.6 Å². The lowest BCUT2D eigenvalue weighted by Crippen LogP contribution is -2.48. The van der Waals surface area contributed by atoms with Gasteiger partial charge in [-0.15, -0.1) is 10.2 Å². The summed E-state index contributed by atoms with van der Waals surface area (Å²) in [7, 11) is 1.40. The van der Waals surface area contributed by atoms with Crippen LogP contribution in [-0.4, -0.2) is 115 Å². The minimum Gasteiger partial charge on any atom is -0.367 e. The summed E-state index contributed by atoms with van der Waals surface area (Å²) in [5.74, 6) is -0.0538. The molecule has 0 bridgehead atoms. The predicted octanol–water partition coefficient (Wildman–Crippen LogP) is 2.65. The fourth-order valence-electron chi connectivity index (χ4n) is 8.98. The van der Waals surface area contributed by atoms with Crippen LogP contribution in [0.3, 0.4) is 0 Å². The number of hydrogen-bond acceptors (Lipinski definition) is 10. The first kappa shape index (κ1) is 35.0. The van der Waals surface area contributed by atoms with Crippen LogP contribution in [0, 0.1) is 23.6 Å². The lowest BCUT2D eigenvalue weighted by atomic mass is 9.95. The molecule has 3 aliphatic heterocycles. The van der Waals surface area contributed by atoms with Gasteiger partial charge in [0.1, 0.15) is 18.1 Å². The number of fused-ring (bicyclic) bond motifs is 2. The molecular formula is C37H47FN8O5. The third-order valence-corrected chi connectivity index (χ3v) is 11.6. The Hall–Kier alpha value is -4.46. The largest absolute Gasteiger partial charge is 0.367 e. The number of nitrogens with one attached hydrogen (secondary N) is 2. The highest BCUT2D eigenvalue weighted by molar-refractivity contribution is 6.23. The Labute approximate surface area is 297 Å². The minimum atomic E-state index is -1.15. The molecule has 1 aromatic heterocycles. The second-order valence-corrected chi connectivity index (χ2v) is 14.8. The van der Waals surface area contributed by atoms with Crippen molar-refractivity contribution in [2.75, 3.05) is 62.7 Å². The number of halogens is 1. The molecule has 2 saturated heterocycles. The standard InChI is InChI=1S/C37H47FN8O5/c1-39-35(49)31(8-5-15-47)46-36(50)27-18-29(38)32(19-28(27)37(46)51)44-13-11-43(12-14-44)20-23-16-24-21-45(22-25(24)17-23)33-10-9-30(41-42-33)34(48)40-26-6-3-2-4-7-26/h9-10,15,18-19,23-26,31H,2-8,11-14,16-17,20-22H2,1H3,(H,39,49)(H,40,48). The number of carbonyl (C=O) groups is 5. The van der Waals surface area contributed by atoms with Crippen molar-refractivity contribution >= 4 is 41.4 Å². The number of aromatic nitrogens is 2. The zero-order valence-corrected chi connectivity index (χ0v) is 29.2. The summed E-state index contributed by atoms with van der Waals surface area (Å²) in [4.78, 5) is 70.2. The zero-order chi connectivity index (χ0) is 35.6. The fraction of sp³-hybridized carbons (Fsp3) is 0.595. The summed E-state index contributed by atoms with van der Waals surface area (Å²) in [6.45, 7) is 5.55. The number of imide groups is 1. The van der Waals surface area contributed by atoms with Crippen LogP contribution >= 0.6 is 0 Å². The zero-order valence-electron chi connectivity index (χ0n) is 29.2. The summed E-state index contributed by atoms with van der Waals surface area (Å²) >= 11 is 0. The highest BCUT2D eigenvalue weighted by Gasteiger charge is 2.44. The van der Waals surface area contributed by atoms with E-state index in [9.17, 15) is 24.0 Å². The number of anilines is 2. The molecule has 272 valence electrons. The van der Waals surface area contributed by atoms with Crippen molar-refractivity contribution in [1.82, 2.24) is 30.6 Å². The molecule has 2 aliphatic carbocycles. The second kappa shape index (κ2) is 15.0. The van der Waals surface area contributed by atoms with E-state index in [0.29, 0.717) is 42.8 Å². The van der Waals surface area contributed by atoms with Gasteiger partial charge < -0.3 is 25.2 Å². The van der Waals surface area contributed by atoms with Crippen LogP contribution in [-0.2, 0) is 9.59 Å². The highest BCUT2D eigenvalue weighted by Crippen LogP contribution is 2.43. The van der Waals surface area contributed by atoms with E-state index in [4.69, 9.17) is 0 Å². The van der Waals surface area contributed by atoms with Crippen molar-refractivity contribution in [3.8, 4) is 0 Å². The Balaban J connectivity index is 0.893. The third-order valence-electron chi connectivity index (χ3n) is 11.6. The molecule has 4 fully saturated rings. The Morgan fingerprint density at radius 1 is 0.941 bits per heavy atom. The van der Waals surface area contributed by atoms with E-state index < -0.39 is 29.6 Å². The monoisotopic (exact) mass is 702 g/mol. The van der Waals surface area contributed by atoms with Crippen LogP contribution in [0.2, 0.25) is 0 Å². The summed E-state index contributed by atoms with van der Waals surface area (Å²) in [5.41, 5.74) is 0.660. The van der Waals surface area contributed by atoms with Crippen molar-refractivity contribution in [3.05, 3.63) is 46.9 Å². The van der Waals surface area contributed by atoms with Gasteiger partial charge in [-0.1, -0.05) is 19.3 Å². The van der Waals surface area contributed by atoms with Gasteiger partial charge in [-0.3, -0.25) is 29.0 Å². The van der Waals surface area contributed by atoms with E-state index >= 15 is 4.39 Å². The summed E-state index contributed by atoms with van der Waals surface area (Å²) in [6.07, 6.45) is 8.54. The quantitative estimate of drug-likeness (QED) is 0.265. The van der Waals surface area contributed by atoms with Crippen LogP contribution < -0.4 is 20.4 Å². The molecule has 5 aliphatic rings. The Kier molecular flexibility index (Phi) is 10.3. The topological polar surface area (TPSA) is 148 Å². The lowest BCUT2D eigenvalue weighted by molar-refractivity contribution is -0.124. The number of benzene rings is 1. The molecule has 2 N–H and O–H groups in total. The van der Waals surface area contributed by atoms with Gasteiger partial charge in [-0.05, 0) is 74.1 Å². The maximum Gasteiger partial charge on any atom is 0.272 e. The normalized spacial score (nSPS) is 24.4. The molecule has 7 rings (SSSR count). The molecule has 0 radical (unpaired) electrons. The smallest absolute Gasteiger partial charge is 0.272 e. The van der Waals surface area contributed by atoms with Gasteiger partial charge in [-0.25, -0.2) is 4.39 Å². The maximum atomic E-state index is 15.4. The van der Waals surface area contributed by atoms with Crippen molar-refractivity contribution in [2.45, 2.75) is 69.9 Å². The van der Waals surface area contributed by atoms with E-state index in [1.165, 1.54) is 19.5 Å². The third kappa shape index (κ3) is 7.19. The molecule has 1 aromatic carbocycles. The van der Waals surface area contributed by atoms with E-state index in [1.54, 1.807) is 6.07 Å². The highest BCUT2D eigenvalue weighted by atomic mass is 19.1. The first-order valence-corrected chi connectivity index (χ1v) is 18.5. The molecular weight excluding hydrogens is 655 g/mol. The number of aldehydes is 1. The lowest BCUT2D eigenvalue weighted by Gasteiger charge is -2.37. The van der Waals surface area contributed by atoms with E-state index in [2.05, 4.69) is 30.6 Å². The van der Waals surface area contributed by atoms with Crippen molar-refractivity contribution in [3.63, 3.8) is 0 Å². The van der Waals surface area contributed by atoms with Crippen molar-refractivity contribution < 1.29 is 28.4 Å². The number of hydrogen-bond donors (Lipinski definition) is 2. The fourth-order valence-corrected chi connectivity index (χ4v) is 8.98. The molecule has 4 amide bonds. The molecule has 14 heteroatoms. The number of nitrogens with zero attached hydrogens (tertiary/aromatic N) is 6. The first-order valence-electron chi connectivity index (χ1n) is 18.5. The summed E-state index contributed by atoms with van der Waals surface area (Å²) in [6, 6.07) is 5.35. The van der Waals surface area contributed by atoms with Gasteiger partial charge >= 0.3 is 0 Å². The molecule has 13 nitrogen and oxygen atoms in total. The van der Waals surface area contributed by atoms with Crippen LogP contribution in [0.15, 0.2) is 24.3 Å². The maximum absolute atomic E-state index is 15.4. The van der Waals surface area contributed by atoms with Crippen LogP contribution in [0.4, 0.5) is 15.9 Å². The number of likely N-dealkylation sites (N-methyl/N-ethyl adjacent to an activating group) is 1. The van der Waals surface area contributed by atoms with Crippen LogP contribution in [0.25, 0.3) is 0 Å². The van der Waals surface area contributed by atoms with Gasteiger partial charge in [0.05, 0.1) is 16.8 Å². The Bertz CT molecular complexity index is 1640. The van der Waals surface area contributed by atoms with Crippen molar-refractivity contribution in [2.24, 2.45) is 17.8 Å². The van der Waals surface area contributed by atoms with E-state index in [1.807, 2.05) is 11.0 Å². The molecule has 4 heterocycles. The number of carbonyl (C=O) groups excluding carboxylic acids is 5. The van der Waals surface area contributed by atoms with Gasteiger partial charge in [0, 0.05) is 65.3 Å². The minimum absolute atomic E-state index is 0.00213. The molecule has 3 unspecified atom stereocenters. The average molecular weight is 703 g/mol. The Morgan fingerprint density at radius 2 is 1.63 bits per heavy atom. The van der Waals surface area contributed by atoms with Gasteiger partial charge in [0.25, 0.3) is 17.7 Å². The molecule has 2 saturated carbocycles. The van der Waals surface area contributed by atoms with E-state index in [0.717, 1.165) is 88.0 Å². The summed E-state index contributed by atoms with van der Waals surface area (Å²) < 4.78 is 15.4. The second-order valence-electron chi connectivity index (χ2n) is 14.8. The van der Waals surface area contributed by atoms with Crippen LogP contribution in [0.5, 0.6) is 0 Å². The Morgan fingerprint density at radius 3 is 2.25 bits per heavy atom. The summed E-state index contributed by atoms with van der Waals surface area (Å²) in [5, 5.41) is 14.3. The van der Waals surface area contributed by atoms with Gasteiger partial charge in [0.2, 0.25) is 5.91 Å². The number of rotatable bonds is 11.